The van der Waals surface area contributed by atoms with Gasteiger partial charge in [-0.15, -0.1) is 0 Å². The first kappa shape index (κ1) is 21.5. The van der Waals surface area contributed by atoms with E-state index in [2.05, 4.69) is 58.6 Å². The fourth-order valence-corrected chi connectivity index (χ4v) is 6.20. The lowest BCUT2D eigenvalue weighted by Crippen LogP contribution is -2.55. The number of hydrogen-bond acceptors (Lipinski definition) is 2. The number of rotatable bonds is 5. The van der Waals surface area contributed by atoms with Gasteiger partial charge in [-0.3, -0.25) is 0 Å². The first-order chi connectivity index (χ1) is 13.3. The van der Waals surface area contributed by atoms with Crippen LogP contribution >= 0.6 is 0 Å². The average Bonchev–Trinajstić information content (AvgIpc) is 2.63. The average molecular weight is 386 g/mol. The third-order valence-corrected chi connectivity index (χ3v) is 7.84. The molecule has 2 nitrogen and oxygen atoms in total. The summed E-state index contributed by atoms with van der Waals surface area (Å²) < 4.78 is 0. The van der Waals surface area contributed by atoms with Gasteiger partial charge in [0.15, 0.2) is 0 Å². The van der Waals surface area contributed by atoms with Crippen LogP contribution in [0.15, 0.2) is 24.3 Å². The summed E-state index contributed by atoms with van der Waals surface area (Å²) in [6.45, 7) is 14.6. The van der Waals surface area contributed by atoms with Crippen LogP contribution < -0.4 is 4.90 Å². The fraction of sp³-hybridized carbons (Fsp3) is 0.769. The smallest absolute Gasteiger partial charge is 0.115 e. The highest BCUT2D eigenvalue weighted by Crippen LogP contribution is 2.45. The fourth-order valence-electron chi connectivity index (χ4n) is 6.20. The Labute approximate surface area is 173 Å². The minimum atomic E-state index is 0.374. The molecule has 158 valence electrons. The van der Waals surface area contributed by atoms with E-state index >= 15 is 0 Å². The normalized spacial score (nSPS) is 34.0. The van der Waals surface area contributed by atoms with Crippen LogP contribution in [0, 0.1) is 35.5 Å². The van der Waals surface area contributed by atoms with Gasteiger partial charge >= 0.3 is 0 Å². The Morgan fingerprint density at radius 1 is 0.750 bits per heavy atom. The zero-order valence-electron chi connectivity index (χ0n) is 19.1. The monoisotopic (exact) mass is 385 g/mol. The van der Waals surface area contributed by atoms with E-state index in [0.29, 0.717) is 17.8 Å². The maximum absolute atomic E-state index is 9.91. The summed E-state index contributed by atoms with van der Waals surface area (Å²) >= 11 is 0. The van der Waals surface area contributed by atoms with Crippen molar-refractivity contribution < 1.29 is 5.11 Å². The molecule has 1 N–H and O–H groups in total. The number of phenols is 1. The maximum atomic E-state index is 9.91. The second-order valence-electron chi connectivity index (χ2n) is 10.7. The van der Waals surface area contributed by atoms with Gasteiger partial charge in [0, 0.05) is 17.8 Å². The van der Waals surface area contributed by atoms with Crippen LogP contribution in [0.2, 0.25) is 0 Å². The van der Waals surface area contributed by atoms with Crippen molar-refractivity contribution in [2.24, 2.45) is 35.5 Å². The topological polar surface area (TPSA) is 23.5 Å². The van der Waals surface area contributed by atoms with E-state index in [1.807, 2.05) is 12.1 Å². The van der Waals surface area contributed by atoms with Crippen molar-refractivity contribution >= 4 is 5.69 Å². The predicted octanol–water partition coefficient (Wildman–Crippen LogP) is 7.12. The summed E-state index contributed by atoms with van der Waals surface area (Å²) in [5.41, 5.74) is 1.33. The minimum Gasteiger partial charge on any atom is -0.508 e. The molecule has 3 rings (SSSR count). The zero-order chi connectivity index (χ0) is 20.4. The Kier molecular flexibility index (Phi) is 6.99. The molecule has 0 aliphatic heterocycles. The third kappa shape index (κ3) is 4.69. The van der Waals surface area contributed by atoms with E-state index in [0.717, 1.165) is 35.5 Å². The van der Waals surface area contributed by atoms with Crippen molar-refractivity contribution in [2.45, 2.75) is 92.2 Å². The lowest BCUT2D eigenvalue weighted by molar-refractivity contribution is 0.136. The van der Waals surface area contributed by atoms with Gasteiger partial charge in [-0.25, -0.2) is 0 Å². The molecule has 6 atom stereocenters. The molecule has 1 aromatic carbocycles. The van der Waals surface area contributed by atoms with Crippen molar-refractivity contribution in [3.63, 3.8) is 0 Å². The van der Waals surface area contributed by atoms with Crippen molar-refractivity contribution in [2.75, 3.05) is 4.90 Å². The van der Waals surface area contributed by atoms with E-state index in [-0.39, 0.29) is 0 Å². The molecule has 28 heavy (non-hydrogen) atoms. The molecule has 0 spiro atoms. The van der Waals surface area contributed by atoms with Crippen LogP contribution in [0.4, 0.5) is 5.69 Å². The van der Waals surface area contributed by atoms with Crippen LogP contribution in [0.25, 0.3) is 0 Å². The Morgan fingerprint density at radius 2 is 1.18 bits per heavy atom. The Hall–Kier alpha value is -1.18. The summed E-state index contributed by atoms with van der Waals surface area (Å²) in [5.74, 6) is 4.94. The molecule has 2 aliphatic rings. The molecule has 2 aliphatic carbocycles. The second kappa shape index (κ2) is 9.09. The van der Waals surface area contributed by atoms with Crippen LogP contribution in [-0.2, 0) is 0 Å². The lowest BCUT2D eigenvalue weighted by Gasteiger charge is -2.53. The zero-order valence-corrected chi connectivity index (χ0v) is 19.1. The quantitative estimate of drug-likeness (QED) is 0.583. The van der Waals surface area contributed by atoms with Gasteiger partial charge in [0.05, 0.1) is 0 Å². The standard InChI is InChI=1S/C26H43NO/c1-17(2)23-13-7-19(5)15-25(23)27(21-9-11-22(28)12-10-21)26-16-20(6)8-14-24(26)18(3)4/h9-12,17-20,23-26,28H,7-8,13-16H2,1-6H3. The summed E-state index contributed by atoms with van der Waals surface area (Å²) in [7, 11) is 0. The van der Waals surface area contributed by atoms with E-state index < -0.39 is 0 Å². The van der Waals surface area contributed by atoms with Gasteiger partial charge in [-0.2, -0.15) is 0 Å². The number of anilines is 1. The predicted molar refractivity (Wildman–Crippen MR) is 121 cm³/mol. The molecule has 0 saturated heterocycles. The van der Waals surface area contributed by atoms with Crippen LogP contribution in [0.1, 0.15) is 80.1 Å². The van der Waals surface area contributed by atoms with Gasteiger partial charge in [-0.1, -0.05) is 54.4 Å². The van der Waals surface area contributed by atoms with Crippen LogP contribution in [0.5, 0.6) is 5.75 Å². The van der Waals surface area contributed by atoms with Crippen molar-refractivity contribution in [1.29, 1.82) is 0 Å². The molecule has 0 bridgehead atoms. The van der Waals surface area contributed by atoms with E-state index in [4.69, 9.17) is 0 Å². The maximum Gasteiger partial charge on any atom is 0.115 e. The number of benzene rings is 1. The molecule has 0 radical (unpaired) electrons. The summed E-state index contributed by atoms with van der Waals surface area (Å²) in [6.07, 6.45) is 8.06. The summed E-state index contributed by atoms with van der Waals surface area (Å²) in [6, 6.07) is 9.34. The molecule has 0 aromatic heterocycles. The molecule has 1 aromatic rings. The second-order valence-corrected chi connectivity index (χ2v) is 10.7. The third-order valence-electron chi connectivity index (χ3n) is 7.84. The van der Waals surface area contributed by atoms with Gasteiger partial charge in [-0.05, 0) is 85.5 Å². The Morgan fingerprint density at radius 3 is 1.57 bits per heavy atom. The minimum absolute atomic E-state index is 0.374. The number of aromatic hydroxyl groups is 1. The number of hydrogen-bond donors (Lipinski definition) is 1. The van der Waals surface area contributed by atoms with Gasteiger partial charge in [0.25, 0.3) is 0 Å². The first-order valence-electron chi connectivity index (χ1n) is 11.8. The number of nitrogens with zero attached hydrogens (tertiary/aromatic N) is 1. The van der Waals surface area contributed by atoms with Crippen LogP contribution in [0.3, 0.4) is 0 Å². The van der Waals surface area contributed by atoms with E-state index in [1.54, 1.807) is 0 Å². The summed E-state index contributed by atoms with van der Waals surface area (Å²) in [5, 5.41) is 9.91. The molecule has 0 heterocycles. The van der Waals surface area contributed by atoms with Gasteiger partial charge in [0.1, 0.15) is 5.75 Å². The van der Waals surface area contributed by atoms with Crippen molar-refractivity contribution in [3.8, 4) is 5.75 Å². The SMILES string of the molecule is CC1CCC(C(C)C)C(N(c2ccc(O)cc2)C2CC(C)CCC2C(C)C)C1. The van der Waals surface area contributed by atoms with Gasteiger partial charge < -0.3 is 10.0 Å². The Bertz CT molecular complexity index is 575. The van der Waals surface area contributed by atoms with Gasteiger partial charge in [0.2, 0.25) is 0 Å². The van der Waals surface area contributed by atoms with Crippen LogP contribution in [-0.4, -0.2) is 17.2 Å². The first-order valence-corrected chi connectivity index (χ1v) is 11.8. The molecule has 6 unspecified atom stereocenters. The molecular weight excluding hydrogens is 342 g/mol. The highest BCUT2D eigenvalue weighted by molar-refractivity contribution is 5.51. The van der Waals surface area contributed by atoms with E-state index in [1.165, 1.54) is 44.2 Å². The molecule has 2 saturated carbocycles. The highest BCUT2D eigenvalue weighted by Gasteiger charge is 2.42. The Balaban J connectivity index is 2.04. The van der Waals surface area contributed by atoms with Crippen molar-refractivity contribution in [1.82, 2.24) is 0 Å². The summed E-state index contributed by atoms with van der Waals surface area (Å²) in [4.78, 5) is 2.85. The number of phenolic OH excluding ortho intramolecular Hbond substituents is 1. The van der Waals surface area contributed by atoms with Crippen molar-refractivity contribution in [3.05, 3.63) is 24.3 Å². The molecule has 2 heteroatoms. The highest BCUT2D eigenvalue weighted by atomic mass is 16.3. The molecule has 2 fully saturated rings. The molecule has 0 amide bonds. The lowest BCUT2D eigenvalue weighted by atomic mass is 9.69. The largest absolute Gasteiger partial charge is 0.508 e. The van der Waals surface area contributed by atoms with E-state index in [9.17, 15) is 5.11 Å². The molecular formula is C26H43NO.